The quantitative estimate of drug-likeness (QED) is 0.929. The van der Waals surface area contributed by atoms with Gasteiger partial charge in [0, 0.05) is 19.1 Å². The van der Waals surface area contributed by atoms with Crippen LogP contribution in [0.25, 0.3) is 0 Å². The van der Waals surface area contributed by atoms with Crippen LogP contribution >= 0.6 is 11.6 Å². The van der Waals surface area contributed by atoms with E-state index in [0.717, 1.165) is 12.8 Å². The number of rotatable bonds is 3. The minimum Gasteiger partial charge on any atom is -0.328 e. The molecule has 1 aliphatic rings. The Morgan fingerprint density at radius 1 is 1.50 bits per heavy atom. The summed E-state index contributed by atoms with van der Waals surface area (Å²) in [4.78, 5) is -0.365. The standard InChI is InChI=1S/C13H18ClFN2O2S/c1-9(16)10-4-3-7-17(8-10)20(18,19)12-6-2-5-11(14)13(12)15/h2,5-6,9-10H,3-4,7-8,16H2,1H3/t9-,10-/m0/s1. The first-order chi connectivity index (χ1) is 9.34. The van der Waals surface area contributed by atoms with Gasteiger partial charge >= 0.3 is 0 Å². The van der Waals surface area contributed by atoms with Crippen LogP contribution < -0.4 is 5.73 Å². The van der Waals surface area contributed by atoms with Crippen molar-refractivity contribution in [3.63, 3.8) is 0 Å². The number of nitrogens with zero attached hydrogens (tertiary/aromatic N) is 1. The third kappa shape index (κ3) is 2.98. The average molecular weight is 321 g/mol. The van der Waals surface area contributed by atoms with E-state index in [2.05, 4.69) is 0 Å². The molecule has 1 aromatic rings. The fraction of sp³-hybridized carbons (Fsp3) is 0.538. The lowest BCUT2D eigenvalue weighted by atomic mass is 9.93. The zero-order chi connectivity index (χ0) is 14.9. The minimum atomic E-state index is -3.86. The van der Waals surface area contributed by atoms with Crippen molar-refractivity contribution >= 4 is 21.6 Å². The molecule has 0 radical (unpaired) electrons. The van der Waals surface area contributed by atoms with Gasteiger partial charge in [-0.2, -0.15) is 4.31 Å². The van der Waals surface area contributed by atoms with Crippen LogP contribution in [0.1, 0.15) is 19.8 Å². The summed E-state index contributed by atoms with van der Waals surface area (Å²) in [7, 11) is -3.86. The molecular formula is C13H18ClFN2O2S. The average Bonchev–Trinajstić information content (AvgIpc) is 2.41. The maximum Gasteiger partial charge on any atom is 0.246 e. The molecule has 0 spiro atoms. The third-order valence-corrected chi connectivity index (χ3v) is 5.87. The summed E-state index contributed by atoms with van der Waals surface area (Å²) in [6, 6.07) is 3.92. The van der Waals surface area contributed by atoms with Crippen molar-refractivity contribution in [2.45, 2.75) is 30.7 Å². The molecule has 2 atom stereocenters. The lowest BCUT2D eigenvalue weighted by molar-refractivity contribution is 0.242. The molecular weight excluding hydrogens is 303 g/mol. The smallest absolute Gasteiger partial charge is 0.246 e. The first-order valence-corrected chi connectivity index (χ1v) is 8.35. The van der Waals surface area contributed by atoms with Crippen molar-refractivity contribution < 1.29 is 12.8 Å². The molecule has 2 rings (SSSR count). The summed E-state index contributed by atoms with van der Waals surface area (Å²) in [6.07, 6.45) is 1.62. The van der Waals surface area contributed by atoms with Gasteiger partial charge in [0.2, 0.25) is 10.0 Å². The lowest BCUT2D eigenvalue weighted by Crippen LogP contribution is -2.45. The molecule has 1 aliphatic heterocycles. The molecule has 1 aromatic carbocycles. The highest BCUT2D eigenvalue weighted by Crippen LogP contribution is 2.28. The van der Waals surface area contributed by atoms with Crippen LogP contribution in [0, 0.1) is 11.7 Å². The fourth-order valence-electron chi connectivity index (χ4n) is 2.44. The second kappa shape index (κ2) is 5.97. The second-order valence-corrected chi connectivity index (χ2v) is 7.49. The van der Waals surface area contributed by atoms with Crippen LogP contribution in [0.4, 0.5) is 4.39 Å². The van der Waals surface area contributed by atoms with Gasteiger partial charge in [0.1, 0.15) is 4.90 Å². The van der Waals surface area contributed by atoms with Crippen LogP contribution in [0.5, 0.6) is 0 Å². The zero-order valence-electron chi connectivity index (χ0n) is 11.2. The van der Waals surface area contributed by atoms with Crippen LogP contribution in [-0.4, -0.2) is 31.9 Å². The number of benzene rings is 1. The molecule has 0 bridgehead atoms. The molecule has 0 unspecified atom stereocenters. The first-order valence-electron chi connectivity index (χ1n) is 6.53. The zero-order valence-corrected chi connectivity index (χ0v) is 12.8. The number of halogens is 2. The van der Waals surface area contributed by atoms with Gasteiger partial charge in [-0.1, -0.05) is 17.7 Å². The summed E-state index contributed by atoms with van der Waals surface area (Å²) in [5, 5.41) is -0.188. The summed E-state index contributed by atoms with van der Waals surface area (Å²) < 4.78 is 40.3. The summed E-state index contributed by atoms with van der Waals surface area (Å²) in [5.41, 5.74) is 5.85. The Bertz CT molecular complexity index is 592. The molecule has 0 aromatic heterocycles. The monoisotopic (exact) mass is 320 g/mol. The van der Waals surface area contributed by atoms with E-state index >= 15 is 0 Å². The SMILES string of the molecule is C[C@H](N)[C@H]1CCCN(S(=O)(=O)c2cccc(Cl)c2F)C1. The molecule has 0 saturated carbocycles. The molecule has 1 heterocycles. The number of piperidine rings is 1. The molecule has 4 nitrogen and oxygen atoms in total. The van der Waals surface area contributed by atoms with Crippen molar-refractivity contribution in [3.05, 3.63) is 29.0 Å². The Balaban J connectivity index is 2.33. The molecule has 112 valence electrons. The van der Waals surface area contributed by atoms with Crippen LogP contribution in [0.15, 0.2) is 23.1 Å². The van der Waals surface area contributed by atoms with E-state index < -0.39 is 15.8 Å². The van der Waals surface area contributed by atoms with Crippen LogP contribution in [-0.2, 0) is 10.0 Å². The number of hydrogen-bond acceptors (Lipinski definition) is 3. The second-order valence-electron chi connectivity index (χ2n) is 5.18. The Morgan fingerprint density at radius 3 is 2.85 bits per heavy atom. The fourth-order valence-corrected chi connectivity index (χ4v) is 4.30. The number of hydrogen-bond donors (Lipinski definition) is 1. The normalized spacial score (nSPS) is 22.7. The molecule has 20 heavy (non-hydrogen) atoms. The number of nitrogens with two attached hydrogens (primary N) is 1. The largest absolute Gasteiger partial charge is 0.328 e. The lowest BCUT2D eigenvalue weighted by Gasteiger charge is -2.33. The van der Waals surface area contributed by atoms with E-state index in [1.54, 1.807) is 0 Å². The molecule has 2 N–H and O–H groups in total. The van der Waals surface area contributed by atoms with E-state index in [1.165, 1.54) is 22.5 Å². The highest BCUT2D eigenvalue weighted by molar-refractivity contribution is 7.89. The van der Waals surface area contributed by atoms with E-state index in [1.807, 2.05) is 6.92 Å². The Hall–Kier alpha value is -0.690. The van der Waals surface area contributed by atoms with Gasteiger partial charge < -0.3 is 5.73 Å². The first kappa shape index (κ1) is 15.7. The Labute approximate surface area is 123 Å². The predicted octanol–water partition coefficient (Wildman–Crippen LogP) is 2.23. The summed E-state index contributed by atoms with van der Waals surface area (Å²) in [6.45, 7) is 2.57. The van der Waals surface area contributed by atoms with E-state index in [4.69, 9.17) is 17.3 Å². The highest BCUT2D eigenvalue weighted by Gasteiger charge is 2.33. The van der Waals surface area contributed by atoms with E-state index in [0.29, 0.717) is 13.1 Å². The maximum atomic E-state index is 13.9. The highest BCUT2D eigenvalue weighted by atomic mass is 35.5. The number of sulfonamides is 1. The van der Waals surface area contributed by atoms with Gasteiger partial charge in [0.15, 0.2) is 5.82 Å². The van der Waals surface area contributed by atoms with Crippen molar-refractivity contribution in [3.8, 4) is 0 Å². The van der Waals surface area contributed by atoms with Gasteiger partial charge in [0.25, 0.3) is 0 Å². The van der Waals surface area contributed by atoms with E-state index in [-0.39, 0.29) is 21.9 Å². The molecule has 1 saturated heterocycles. The molecule has 1 fully saturated rings. The van der Waals surface area contributed by atoms with Crippen LogP contribution in [0.2, 0.25) is 5.02 Å². The van der Waals surface area contributed by atoms with Crippen molar-refractivity contribution in [1.29, 1.82) is 0 Å². The van der Waals surface area contributed by atoms with Crippen molar-refractivity contribution in [2.24, 2.45) is 11.7 Å². The van der Waals surface area contributed by atoms with Gasteiger partial charge in [-0.25, -0.2) is 12.8 Å². The van der Waals surface area contributed by atoms with Crippen LogP contribution in [0.3, 0.4) is 0 Å². The van der Waals surface area contributed by atoms with Gasteiger partial charge in [0.05, 0.1) is 5.02 Å². The summed E-state index contributed by atoms with van der Waals surface area (Å²) in [5.74, 6) is -0.794. The van der Waals surface area contributed by atoms with Crippen molar-refractivity contribution in [2.75, 3.05) is 13.1 Å². The van der Waals surface area contributed by atoms with Gasteiger partial charge in [-0.15, -0.1) is 0 Å². The maximum absolute atomic E-state index is 13.9. The van der Waals surface area contributed by atoms with Gasteiger partial charge in [-0.05, 0) is 37.8 Å². The predicted molar refractivity (Wildman–Crippen MR) is 76.5 cm³/mol. The Morgan fingerprint density at radius 2 is 2.20 bits per heavy atom. The minimum absolute atomic E-state index is 0.0859. The Kier molecular flexibility index (Phi) is 4.69. The molecule has 0 amide bonds. The van der Waals surface area contributed by atoms with Gasteiger partial charge in [-0.3, -0.25) is 0 Å². The molecule has 7 heteroatoms. The molecule has 0 aliphatic carbocycles. The van der Waals surface area contributed by atoms with Crippen molar-refractivity contribution in [1.82, 2.24) is 4.31 Å². The topological polar surface area (TPSA) is 63.4 Å². The third-order valence-electron chi connectivity index (χ3n) is 3.70. The summed E-state index contributed by atoms with van der Waals surface area (Å²) >= 11 is 5.66. The van der Waals surface area contributed by atoms with E-state index in [9.17, 15) is 12.8 Å².